The van der Waals surface area contributed by atoms with Crippen LogP contribution in [-0.4, -0.2) is 40.8 Å². The Morgan fingerprint density at radius 2 is 1.97 bits per heavy atom. The molecule has 0 saturated carbocycles. The van der Waals surface area contributed by atoms with E-state index in [1.54, 1.807) is 12.3 Å². The van der Waals surface area contributed by atoms with Crippen LogP contribution >= 0.6 is 11.6 Å². The van der Waals surface area contributed by atoms with Crippen molar-refractivity contribution in [1.82, 2.24) is 15.3 Å². The number of hydrogen-bond donors (Lipinski definition) is 1. The number of halogens is 1. The number of aromatic nitrogens is 2. The summed E-state index contributed by atoms with van der Waals surface area (Å²) in [5.74, 6) is 1.92. The second-order valence-corrected chi connectivity index (χ2v) is 8.55. The van der Waals surface area contributed by atoms with Crippen LogP contribution in [0.25, 0.3) is 0 Å². The summed E-state index contributed by atoms with van der Waals surface area (Å²) in [5, 5.41) is 3.34. The van der Waals surface area contributed by atoms with Gasteiger partial charge in [-0.2, -0.15) is 0 Å². The van der Waals surface area contributed by atoms with Crippen LogP contribution in [0.2, 0.25) is 5.15 Å². The van der Waals surface area contributed by atoms with Crippen LogP contribution < -0.4 is 15.0 Å². The number of aryl methyl sites for hydroxylation is 1. The number of ether oxygens (including phenoxy) is 2. The van der Waals surface area contributed by atoms with E-state index in [1.807, 2.05) is 45.9 Å². The van der Waals surface area contributed by atoms with Crippen molar-refractivity contribution < 1.29 is 14.3 Å². The Bertz CT molecular complexity index is 824. The fraction of sp³-hybridized carbons (Fsp3) is 0.476. The molecule has 0 aliphatic carbocycles. The number of amides is 1. The van der Waals surface area contributed by atoms with E-state index >= 15 is 0 Å². The van der Waals surface area contributed by atoms with Crippen molar-refractivity contribution in [2.75, 3.05) is 18.0 Å². The molecular weight excluding hydrogens is 392 g/mol. The van der Waals surface area contributed by atoms with Gasteiger partial charge < -0.3 is 19.7 Å². The van der Waals surface area contributed by atoms with Gasteiger partial charge in [0.25, 0.3) is 0 Å². The highest BCUT2D eigenvalue weighted by Crippen LogP contribution is 2.25. The second-order valence-electron chi connectivity index (χ2n) is 8.17. The Balaban J connectivity index is 1.52. The zero-order chi connectivity index (χ0) is 21.0. The Hall–Kier alpha value is -2.54. The third-order valence-corrected chi connectivity index (χ3v) is 4.59. The van der Waals surface area contributed by atoms with Gasteiger partial charge in [-0.25, -0.2) is 14.8 Å². The predicted octanol–water partition coefficient (Wildman–Crippen LogP) is 4.72. The summed E-state index contributed by atoms with van der Waals surface area (Å²) in [7, 11) is 0. The largest absolute Gasteiger partial charge is 0.444 e. The number of anilines is 1. The van der Waals surface area contributed by atoms with Crippen LogP contribution in [0.15, 0.2) is 30.5 Å². The standard InChI is InChI=1S/C21H27ClN4O3/c1-14-11-17(22)25-19(12-14)28-16-5-6-18(23-13-16)26-9-7-15(8-10-26)24-20(27)29-21(2,3)4/h5-6,11-13,15H,7-10H2,1-4H3,(H,24,27). The molecule has 2 aromatic rings. The van der Waals surface area contributed by atoms with Gasteiger partial charge in [-0.05, 0) is 64.3 Å². The number of piperidine rings is 1. The molecular formula is C21H27ClN4O3. The van der Waals surface area contributed by atoms with Gasteiger partial charge in [-0.15, -0.1) is 0 Å². The summed E-state index contributed by atoms with van der Waals surface area (Å²) in [6.45, 7) is 9.13. The van der Waals surface area contributed by atoms with Crippen molar-refractivity contribution in [2.45, 2.75) is 52.2 Å². The zero-order valence-corrected chi connectivity index (χ0v) is 18.0. The molecule has 1 saturated heterocycles. The predicted molar refractivity (Wildman–Crippen MR) is 113 cm³/mol. The SMILES string of the molecule is Cc1cc(Cl)nc(Oc2ccc(N3CCC(NC(=O)OC(C)(C)C)CC3)nc2)c1. The molecule has 3 rings (SSSR count). The van der Waals surface area contributed by atoms with Crippen LogP contribution in [0.3, 0.4) is 0 Å². The van der Waals surface area contributed by atoms with Crippen molar-refractivity contribution in [1.29, 1.82) is 0 Å². The highest BCUT2D eigenvalue weighted by molar-refractivity contribution is 6.29. The molecule has 0 spiro atoms. The van der Waals surface area contributed by atoms with Crippen LogP contribution in [0.5, 0.6) is 11.6 Å². The normalized spacial score (nSPS) is 15.1. The lowest BCUT2D eigenvalue weighted by Gasteiger charge is -2.33. The number of nitrogens with one attached hydrogen (secondary N) is 1. The first-order valence-corrected chi connectivity index (χ1v) is 10.1. The van der Waals surface area contributed by atoms with E-state index in [-0.39, 0.29) is 12.1 Å². The number of carbonyl (C=O) groups is 1. The highest BCUT2D eigenvalue weighted by atomic mass is 35.5. The molecule has 0 atom stereocenters. The van der Waals surface area contributed by atoms with Crippen molar-refractivity contribution >= 4 is 23.5 Å². The van der Waals surface area contributed by atoms with Gasteiger partial charge in [0.2, 0.25) is 5.88 Å². The van der Waals surface area contributed by atoms with E-state index in [0.717, 1.165) is 37.3 Å². The molecule has 156 valence electrons. The molecule has 3 heterocycles. The van der Waals surface area contributed by atoms with Gasteiger partial charge in [-0.3, -0.25) is 0 Å². The molecule has 0 bridgehead atoms. The molecule has 1 amide bonds. The minimum Gasteiger partial charge on any atom is -0.444 e. The minimum absolute atomic E-state index is 0.112. The molecule has 7 nitrogen and oxygen atoms in total. The molecule has 0 radical (unpaired) electrons. The van der Waals surface area contributed by atoms with Crippen LogP contribution in [0, 0.1) is 6.92 Å². The molecule has 0 unspecified atom stereocenters. The van der Waals surface area contributed by atoms with E-state index in [2.05, 4.69) is 20.2 Å². The van der Waals surface area contributed by atoms with E-state index < -0.39 is 5.60 Å². The van der Waals surface area contributed by atoms with Crippen molar-refractivity contribution in [3.8, 4) is 11.6 Å². The van der Waals surface area contributed by atoms with Gasteiger partial charge in [0.05, 0.1) is 6.20 Å². The number of carbonyl (C=O) groups excluding carboxylic acids is 1. The van der Waals surface area contributed by atoms with Crippen molar-refractivity contribution in [2.24, 2.45) is 0 Å². The summed E-state index contributed by atoms with van der Waals surface area (Å²) in [6.07, 6.45) is 2.99. The Morgan fingerprint density at radius 3 is 2.55 bits per heavy atom. The molecule has 8 heteroatoms. The fourth-order valence-electron chi connectivity index (χ4n) is 3.11. The first kappa shape index (κ1) is 21.2. The van der Waals surface area contributed by atoms with Crippen LogP contribution in [0.1, 0.15) is 39.2 Å². The number of alkyl carbamates (subject to hydrolysis) is 1. The Morgan fingerprint density at radius 1 is 1.24 bits per heavy atom. The van der Waals surface area contributed by atoms with E-state index in [9.17, 15) is 4.79 Å². The topological polar surface area (TPSA) is 76.6 Å². The maximum Gasteiger partial charge on any atom is 0.407 e. The average Bonchev–Trinajstić information content (AvgIpc) is 2.60. The average molecular weight is 419 g/mol. The minimum atomic E-state index is -0.488. The van der Waals surface area contributed by atoms with Crippen LogP contribution in [0.4, 0.5) is 10.6 Å². The second kappa shape index (κ2) is 8.86. The maximum atomic E-state index is 11.9. The number of pyridine rings is 2. The van der Waals surface area contributed by atoms with Gasteiger partial charge in [0.15, 0.2) is 0 Å². The number of hydrogen-bond acceptors (Lipinski definition) is 6. The molecule has 0 aromatic carbocycles. The van der Waals surface area contributed by atoms with Crippen LogP contribution in [-0.2, 0) is 4.74 Å². The summed E-state index contributed by atoms with van der Waals surface area (Å²) >= 11 is 5.97. The lowest BCUT2D eigenvalue weighted by Crippen LogP contribution is -2.46. The monoisotopic (exact) mass is 418 g/mol. The summed E-state index contributed by atoms with van der Waals surface area (Å²) in [6, 6.07) is 7.50. The fourth-order valence-corrected chi connectivity index (χ4v) is 3.37. The first-order valence-electron chi connectivity index (χ1n) is 9.70. The Kier molecular flexibility index (Phi) is 6.47. The first-order chi connectivity index (χ1) is 13.7. The van der Waals surface area contributed by atoms with Gasteiger partial charge >= 0.3 is 6.09 Å². The third kappa shape index (κ3) is 6.49. The quantitative estimate of drug-likeness (QED) is 0.723. The zero-order valence-electron chi connectivity index (χ0n) is 17.2. The summed E-state index contributed by atoms with van der Waals surface area (Å²) < 4.78 is 11.1. The van der Waals surface area contributed by atoms with E-state index in [0.29, 0.717) is 16.8 Å². The van der Waals surface area contributed by atoms with E-state index in [1.165, 1.54) is 0 Å². The summed E-state index contributed by atoms with van der Waals surface area (Å²) in [4.78, 5) is 22.8. The molecule has 1 aliphatic heterocycles. The number of rotatable bonds is 4. The Labute approximate surface area is 176 Å². The summed E-state index contributed by atoms with van der Waals surface area (Å²) in [5.41, 5.74) is 0.491. The third-order valence-electron chi connectivity index (χ3n) is 4.40. The lowest BCUT2D eigenvalue weighted by molar-refractivity contribution is 0.0497. The molecule has 29 heavy (non-hydrogen) atoms. The van der Waals surface area contributed by atoms with Crippen molar-refractivity contribution in [3.05, 3.63) is 41.2 Å². The molecule has 2 aromatic heterocycles. The molecule has 1 N–H and O–H groups in total. The molecule has 1 fully saturated rings. The molecule has 1 aliphatic rings. The number of nitrogens with zero attached hydrogens (tertiary/aromatic N) is 3. The highest BCUT2D eigenvalue weighted by Gasteiger charge is 2.24. The van der Waals surface area contributed by atoms with Crippen molar-refractivity contribution in [3.63, 3.8) is 0 Å². The van der Waals surface area contributed by atoms with Gasteiger partial charge in [0, 0.05) is 25.2 Å². The van der Waals surface area contributed by atoms with Gasteiger partial charge in [-0.1, -0.05) is 11.6 Å². The maximum absolute atomic E-state index is 11.9. The van der Waals surface area contributed by atoms with E-state index in [4.69, 9.17) is 21.1 Å². The smallest absolute Gasteiger partial charge is 0.407 e. The van der Waals surface area contributed by atoms with Gasteiger partial charge in [0.1, 0.15) is 22.3 Å². The lowest BCUT2D eigenvalue weighted by atomic mass is 10.1.